The first-order valence-corrected chi connectivity index (χ1v) is 9.30. The highest BCUT2D eigenvalue weighted by Gasteiger charge is 2.23. The molecule has 130 valence electrons. The minimum Gasteiger partial charge on any atom is -0.437 e. The van der Waals surface area contributed by atoms with Crippen molar-refractivity contribution in [2.75, 3.05) is 5.73 Å². The Balaban J connectivity index is 2.03. The highest BCUT2D eigenvalue weighted by Crippen LogP contribution is 2.28. The third-order valence-electron chi connectivity index (χ3n) is 4.18. The predicted octanol–water partition coefficient (Wildman–Crippen LogP) is 3.06. The second kappa shape index (κ2) is 5.67. The highest BCUT2D eigenvalue weighted by atomic mass is 32.2. The van der Waals surface area contributed by atoms with Gasteiger partial charge in [-0.15, -0.1) is 0 Å². The number of hydrogen-bond acceptors (Lipinski definition) is 6. The molecule has 2 heterocycles. The third-order valence-corrected chi connectivity index (χ3v) is 5.98. The van der Waals surface area contributed by atoms with Crippen LogP contribution >= 0.6 is 0 Å². The first-order chi connectivity index (χ1) is 12.4. The quantitative estimate of drug-likeness (QED) is 0.547. The molecule has 2 N–H and O–H groups in total. The van der Waals surface area contributed by atoms with E-state index < -0.39 is 9.84 Å². The maximum atomic E-state index is 12.9. The van der Waals surface area contributed by atoms with Crippen LogP contribution < -0.4 is 11.2 Å². The van der Waals surface area contributed by atoms with Crippen LogP contribution in [0.1, 0.15) is 5.56 Å². The van der Waals surface area contributed by atoms with E-state index in [1.165, 1.54) is 18.2 Å². The summed E-state index contributed by atoms with van der Waals surface area (Å²) in [5.74, 6) is -0.212. The van der Waals surface area contributed by atoms with Gasteiger partial charge in [0.25, 0.3) is 0 Å². The number of benzene rings is 2. The van der Waals surface area contributed by atoms with Crippen LogP contribution in [0.4, 0.5) is 5.82 Å². The summed E-state index contributed by atoms with van der Waals surface area (Å²) in [6.07, 6.45) is 0. The summed E-state index contributed by atoms with van der Waals surface area (Å²) < 4.78 is 31.5. The van der Waals surface area contributed by atoms with E-state index in [-0.39, 0.29) is 32.1 Å². The molecular formula is C19H14N2O4S. The van der Waals surface area contributed by atoms with Crippen LogP contribution in [0.3, 0.4) is 0 Å². The van der Waals surface area contributed by atoms with Gasteiger partial charge in [-0.1, -0.05) is 29.8 Å². The number of nitrogens with zero attached hydrogens (tertiary/aromatic N) is 1. The standard InChI is InChI=1S/C19H14N2O4S/c1-11-6-8-12(9-7-11)26(23,24)16-10-14-17(22)13-4-2-3-5-15(13)25-19(14)21-18(16)20/h2-10H,1H3,(H2,20,21). The lowest BCUT2D eigenvalue weighted by Crippen LogP contribution is -2.10. The van der Waals surface area contributed by atoms with Gasteiger partial charge in [0.1, 0.15) is 16.3 Å². The predicted molar refractivity (Wildman–Crippen MR) is 98.8 cm³/mol. The topological polar surface area (TPSA) is 103 Å². The van der Waals surface area contributed by atoms with Gasteiger partial charge in [0, 0.05) is 0 Å². The Morgan fingerprint density at radius 3 is 2.42 bits per heavy atom. The number of anilines is 1. The fraction of sp³-hybridized carbons (Fsp3) is 0.0526. The molecule has 0 amide bonds. The number of hydrogen-bond donors (Lipinski definition) is 1. The number of pyridine rings is 1. The SMILES string of the molecule is Cc1ccc(S(=O)(=O)c2cc3c(=O)c4ccccc4oc3nc2N)cc1. The second-order valence-electron chi connectivity index (χ2n) is 5.97. The van der Waals surface area contributed by atoms with Crippen LogP contribution in [0.2, 0.25) is 0 Å². The first-order valence-electron chi connectivity index (χ1n) is 7.82. The number of nitrogen functional groups attached to an aromatic ring is 1. The molecule has 0 unspecified atom stereocenters. The van der Waals surface area contributed by atoms with Crippen molar-refractivity contribution < 1.29 is 12.8 Å². The largest absolute Gasteiger partial charge is 0.437 e. The zero-order valence-corrected chi connectivity index (χ0v) is 14.6. The Hall–Kier alpha value is -3.19. The van der Waals surface area contributed by atoms with Gasteiger partial charge in [-0.05, 0) is 37.3 Å². The Bertz CT molecular complexity index is 1320. The first kappa shape index (κ1) is 16.3. The van der Waals surface area contributed by atoms with Crippen LogP contribution in [0.5, 0.6) is 0 Å². The molecule has 0 bridgehead atoms. The van der Waals surface area contributed by atoms with Crippen molar-refractivity contribution in [2.24, 2.45) is 0 Å². The number of aryl methyl sites for hydroxylation is 1. The van der Waals surface area contributed by atoms with Crippen molar-refractivity contribution in [2.45, 2.75) is 16.7 Å². The minimum absolute atomic E-state index is 0.00839. The van der Waals surface area contributed by atoms with Crippen LogP contribution in [0.15, 0.2) is 73.6 Å². The summed E-state index contributed by atoms with van der Waals surface area (Å²) in [4.78, 5) is 16.6. The van der Waals surface area contributed by atoms with E-state index in [1.54, 1.807) is 36.4 Å². The van der Waals surface area contributed by atoms with E-state index in [0.717, 1.165) is 5.56 Å². The molecule has 0 saturated carbocycles. The third kappa shape index (κ3) is 2.44. The lowest BCUT2D eigenvalue weighted by atomic mass is 10.2. The van der Waals surface area contributed by atoms with E-state index in [2.05, 4.69) is 4.98 Å². The number of aromatic nitrogens is 1. The zero-order chi connectivity index (χ0) is 18.5. The van der Waals surface area contributed by atoms with E-state index in [0.29, 0.717) is 11.0 Å². The molecular weight excluding hydrogens is 352 g/mol. The molecule has 2 aromatic carbocycles. The second-order valence-corrected chi connectivity index (χ2v) is 7.89. The van der Waals surface area contributed by atoms with Crippen LogP contribution in [0, 0.1) is 6.92 Å². The van der Waals surface area contributed by atoms with Crippen LogP contribution in [-0.2, 0) is 9.84 Å². The summed E-state index contributed by atoms with van der Waals surface area (Å²) in [6, 6.07) is 14.3. The van der Waals surface area contributed by atoms with Gasteiger partial charge in [0.2, 0.25) is 21.0 Å². The van der Waals surface area contributed by atoms with E-state index in [4.69, 9.17) is 10.2 Å². The maximum Gasteiger partial charge on any atom is 0.232 e. The lowest BCUT2D eigenvalue weighted by molar-refractivity contribution is 0.596. The smallest absolute Gasteiger partial charge is 0.232 e. The molecule has 2 aromatic heterocycles. The molecule has 26 heavy (non-hydrogen) atoms. The summed E-state index contributed by atoms with van der Waals surface area (Å²) >= 11 is 0. The van der Waals surface area contributed by atoms with Gasteiger partial charge in [-0.2, -0.15) is 4.98 Å². The van der Waals surface area contributed by atoms with Crippen LogP contribution in [0.25, 0.3) is 22.1 Å². The fourth-order valence-electron chi connectivity index (χ4n) is 2.78. The van der Waals surface area contributed by atoms with Gasteiger partial charge in [0.05, 0.1) is 15.7 Å². The number of para-hydroxylation sites is 1. The summed E-state index contributed by atoms with van der Waals surface area (Å²) in [7, 11) is -3.92. The minimum atomic E-state index is -3.92. The molecule has 7 heteroatoms. The highest BCUT2D eigenvalue weighted by molar-refractivity contribution is 7.91. The van der Waals surface area contributed by atoms with Crippen molar-refractivity contribution >= 4 is 37.7 Å². The van der Waals surface area contributed by atoms with E-state index in [9.17, 15) is 13.2 Å². The van der Waals surface area contributed by atoms with Gasteiger partial charge >= 0.3 is 0 Å². The van der Waals surface area contributed by atoms with Gasteiger partial charge in [-0.3, -0.25) is 4.79 Å². The fourth-order valence-corrected chi connectivity index (χ4v) is 4.13. The summed E-state index contributed by atoms with van der Waals surface area (Å²) in [5.41, 5.74) is 6.84. The Morgan fingerprint density at radius 2 is 1.69 bits per heavy atom. The average molecular weight is 366 g/mol. The average Bonchev–Trinajstić information content (AvgIpc) is 2.61. The Labute approximate surface area is 148 Å². The monoisotopic (exact) mass is 366 g/mol. The molecule has 0 radical (unpaired) electrons. The van der Waals surface area contributed by atoms with Crippen molar-refractivity contribution in [1.29, 1.82) is 0 Å². The normalized spacial score (nSPS) is 11.9. The molecule has 0 aliphatic carbocycles. The molecule has 0 spiro atoms. The molecule has 0 aliphatic heterocycles. The molecule has 0 fully saturated rings. The Kier molecular flexibility index (Phi) is 3.55. The Morgan fingerprint density at radius 1 is 1.00 bits per heavy atom. The van der Waals surface area contributed by atoms with Crippen molar-refractivity contribution in [3.8, 4) is 0 Å². The molecule has 4 aromatic rings. The molecule has 0 aliphatic rings. The molecule has 0 saturated heterocycles. The molecule has 0 atom stereocenters. The van der Waals surface area contributed by atoms with E-state index >= 15 is 0 Å². The lowest BCUT2D eigenvalue weighted by Gasteiger charge is -2.09. The number of nitrogens with two attached hydrogens (primary N) is 1. The van der Waals surface area contributed by atoms with Crippen LogP contribution in [-0.4, -0.2) is 13.4 Å². The van der Waals surface area contributed by atoms with E-state index in [1.807, 2.05) is 6.92 Å². The van der Waals surface area contributed by atoms with Crippen molar-refractivity contribution in [1.82, 2.24) is 4.98 Å². The number of fused-ring (bicyclic) bond motifs is 2. The van der Waals surface area contributed by atoms with Gasteiger partial charge < -0.3 is 10.2 Å². The molecule has 6 nitrogen and oxygen atoms in total. The van der Waals surface area contributed by atoms with Gasteiger partial charge in [-0.25, -0.2) is 8.42 Å². The summed E-state index contributed by atoms with van der Waals surface area (Å²) in [6.45, 7) is 1.86. The van der Waals surface area contributed by atoms with Crippen molar-refractivity contribution in [3.63, 3.8) is 0 Å². The molecule has 4 rings (SSSR count). The summed E-state index contributed by atoms with van der Waals surface area (Å²) in [5, 5.41) is 0.425. The maximum absolute atomic E-state index is 12.9. The van der Waals surface area contributed by atoms with Crippen molar-refractivity contribution in [3.05, 3.63) is 70.4 Å². The number of sulfone groups is 1. The number of rotatable bonds is 2. The zero-order valence-electron chi connectivity index (χ0n) is 13.8. The van der Waals surface area contributed by atoms with Gasteiger partial charge in [0.15, 0.2) is 0 Å².